The minimum Gasteiger partial charge on any atom is -0.489 e. The molecule has 0 spiro atoms. The second-order valence-corrected chi connectivity index (χ2v) is 5.01. The summed E-state index contributed by atoms with van der Waals surface area (Å²) in [7, 11) is 0. The van der Waals surface area contributed by atoms with Crippen LogP contribution in [0.3, 0.4) is 0 Å². The standard InChI is InChI=1S/C12H13Cl3O2/c1-7(2)17-12-9(11(16)3-4-13)5-8(14)6-10(12)15/h5-7H,3-4H2,1-2H3. The van der Waals surface area contributed by atoms with Crippen LogP contribution in [0.2, 0.25) is 10.0 Å². The Kier molecular flexibility index (Phi) is 5.57. The van der Waals surface area contributed by atoms with Gasteiger partial charge in [0.15, 0.2) is 5.78 Å². The number of Topliss-reactive ketones (excluding diaryl/α,β-unsaturated/α-hetero) is 1. The van der Waals surface area contributed by atoms with Gasteiger partial charge in [0, 0.05) is 17.3 Å². The van der Waals surface area contributed by atoms with Crippen LogP contribution in [-0.2, 0) is 0 Å². The van der Waals surface area contributed by atoms with Gasteiger partial charge in [0.25, 0.3) is 0 Å². The van der Waals surface area contributed by atoms with Gasteiger partial charge in [-0.1, -0.05) is 23.2 Å². The number of ketones is 1. The van der Waals surface area contributed by atoms with Gasteiger partial charge >= 0.3 is 0 Å². The van der Waals surface area contributed by atoms with E-state index < -0.39 is 0 Å². The number of ether oxygens (including phenoxy) is 1. The molecule has 0 aliphatic carbocycles. The lowest BCUT2D eigenvalue weighted by molar-refractivity contribution is 0.0983. The third-order valence-corrected chi connectivity index (χ3v) is 2.67. The van der Waals surface area contributed by atoms with E-state index in [4.69, 9.17) is 39.5 Å². The molecule has 0 aliphatic heterocycles. The van der Waals surface area contributed by atoms with E-state index >= 15 is 0 Å². The van der Waals surface area contributed by atoms with Gasteiger partial charge in [-0.05, 0) is 26.0 Å². The maximum Gasteiger partial charge on any atom is 0.167 e. The molecular formula is C12H13Cl3O2. The number of rotatable bonds is 5. The lowest BCUT2D eigenvalue weighted by Gasteiger charge is -2.15. The molecule has 0 amide bonds. The van der Waals surface area contributed by atoms with E-state index in [1.807, 2.05) is 13.8 Å². The van der Waals surface area contributed by atoms with Crippen LogP contribution in [0.15, 0.2) is 12.1 Å². The first kappa shape index (κ1) is 14.6. The second kappa shape index (κ2) is 6.48. The molecule has 0 N–H and O–H groups in total. The zero-order valence-corrected chi connectivity index (χ0v) is 11.9. The van der Waals surface area contributed by atoms with Gasteiger partial charge in [-0.3, -0.25) is 4.79 Å². The van der Waals surface area contributed by atoms with Crippen molar-refractivity contribution in [1.29, 1.82) is 0 Å². The minimum atomic E-state index is -0.125. The molecule has 1 aromatic rings. The maximum atomic E-state index is 11.9. The van der Waals surface area contributed by atoms with Crippen LogP contribution < -0.4 is 4.74 Å². The van der Waals surface area contributed by atoms with Gasteiger partial charge in [-0.2, -0.15) is 0 Å². The number of carbonyl (C=O) groups is 1. The van der Waals surface area contributed by atoms with E-state index in [-0.39, 0.29) is 24.2 Å². The predicted molar refractivity (Wildman–Crippen MR) is 71.9 cm³/mol. The first-order chi connectivity index (χ1) is 7.95. The van der Waals surface area contributed by atoms with Gasteiger partial charge in [-0.25, -0.2) is 0 Å². The van der Waals surface area contributed by atoms with Crippen LogP contribution in [0, 0.1) is 0 Å². The Balaban J connectivity index is 3.19. The van der Waals surface area contributed by atoms with Crippen LogP contribution in [0.4, 0.5) is 0 Å². The van der Waals surface area contributed by atoms with E-state index in [0.29, 0.717) is 21.4 Å². The maximum absolute atomic E-state index is 11.9. The van der Waals surface area contributed by atoms with Crippen molar-refractivity contribution >= 4 is 40.6 Å². The Labute approximate surface area is 116 Å². The average Bonchev–Trinajstić information content (AvgIpc) is 2.21. The highest BCUT2D eigenvalue weighted by Crippen LogP contribution is 2.34. The number of hydrogen-bond donors (Lipinski definition) is 0. The van der Waals surface area contributed by atoms with E-state index in [0.717, 1.165) is 0 Å². The Bertz CT molecular complexity index is 416. The fourth-order valence-electron chi connectivity index (χ4n) is 1.34. The van der Waals surface area contributed by atoms with Gasteiger partial charge in [0.05, 0.1) is 16.7 Å². The molecule has 17 heavy (non-hydrogen) atoms. The van der Waals surface area contributed by atoms with Gasteiger partial charge in [0.1, 0.15) is 5.75 Å². The lowest BCUT2D eigenvalue weighted by Crippen LogP contribution is -2.11. The summed E-state index contributed by atoms with van der Waals surface area (Å²) < 4.78 is 5.54. The SMILES string of the molecule is CC(C)Oc1c(Cl)cc(Cl)cc1C(=O)CCCl. The van der Waals surface area contributed by atoms with E-state index in [9.17, 15) is 4.79 Å². The molecule has 0 aromatic heterocycles. The quantitative estimate of drug-likeness (QED) is 0.586. The summed E-state index contributed by atoms with van der Waals surface area (Å²) in [5.74, 6) is 0.505. The van der Waals surface area contributed by atoms with E-state index in [1.54, 1.807) is 12.1 Å². The molecule has 0 bridgehead atoms. The molecule has 5 heteroatoms. The first-order valence-corrected chi connectivity index (χ1v) is 6.49. The zero-order valence-electron chi connectivity index (χ0n) is 9.60. The van der Waals surface area contributed by atoms with Crippen LogP contribution >= 0.6 is 34.8 Å². The highest BCUT2D eigenvalue weighted by Gasteiger charge is 2.17. The summed E-state index contributed by atoms with van der Waals surface area (Å²) in [6.07, 6.45) is 0.156. The third kappa shape index (κ3) is 4.06. The third-order valence-electron chi connectivity index (χ3n) is 1.98. The van der Waals surface area contributed by atoms with Crippen LogP contribution in [0.5, 0.6) is 5.75 Å². The summed E-state index contributed by atoms with van der Waals surface area (Å²) >= 11 is 17.5. The molecule has 0 unspecified atom stereocenters. The van der Waals surface area contributed by atoms with Crippen LogP contribution in [0.25, 0.3) is 0 Å². The number of alkyl halides is 1. The predicted octanol–water partition coefficient (Wildman–Crippen LogP) is 4.59. The van der Waals surface area contributed by atoms with E-state index in [1.165, 1.54) is 0 Å². The van der Waals surface area contributed by atoms with Crippen LogP contribution in [0.1, 0.15) is 30.6 Å². The molecule has 0 radical (unpaired) electrons. The smallest absolute Gasteiger partial charge is 0.167 e. The van der Waals surface area contributed by atoms with Crippen molar-refractivity contribution in [3.8, 4) is 5.75 Å². The molecule has 0 heterocycles. The second-order valence-electron chi connectivity index (χ2n) is 3.79. The monoisotopic (exact) mass is 294 g/mol. The minimum absolute atomic E-state index is 0.0729. The molecule has 1 aromatic carbocycles. The van der Waals surface area contributed by atoms with E-state index in [2.05, 4.69) is 0 Å². The highest BCUT2D eigenvalue weighted by atomic mass is 35.5. The Morgan fingerprint density at radius 2 is 2.00 bits per heavy atom. The molecule has 0 fully saturated rings. The summed E-state index contributed by atoms with van der Waals surface area (Å²) in [6, 6.07) is 3.11. The van der Waals surface area contributed by atoms with Crippen molar-refractivity contribution < 1.29 is 9.53 Å². The number of carbonyl (C=O) groups excluding carboxylic acids is 1. The Morgan fingerprint density at radius 1 is 1.35 bits per heavy atom. The number of benzene rings is 1. The summed E-state index contributed by atoms with van der Waals surface area (Å²) in [5.41, 5.74) is 0.386. The van der Waals surface area contributed by atoms with Gasteiger partial charge in [-0.15, -0.1) is 11.6 Å². The number of halogens is 3. The van der Waals surface area contributed by atoms with Crippen LogP contribution in [-0.4, -0.2) is 17.8 Å². The molecular weight excluding hydrogens is 282 g/mol. The normalized spacial score (nSPS) is 10.7. The summed E-state index contributed by atoms with van der Waals surface area (Å²) in [6.45, 7) is 3.72. The molecule has 2 nitrogen and oxygen atoms in total. The Hall–Kier alpha value is -0.440. The van der Waals surface area contributed by atoms with Crippen molar-refractivity contribution in [3.05, 3.63) is 27.7 Å². The largest absolute Gasteiger partial charge is 0.489 e. The number of hydrogen-bond acceptors (Lipinski definition) is 2. The van der Waals surface area contributed by atoms with Crippen molar-refractivity contribution in [1.82, 2.24) is 0 Å². The Morgan fingerprint density at radius 3 is 2.53 bits per heavy atom. The fourth-order valence-corrected chi connectivity index (χ4v) is 2.05. The first-order valence-electron chi connectivity index (χ1n) is 5.20. The van der Waals surface area contributed by atoms with Crippen molar-refractivity contribution in [3.63, 3.8) is 0 Å². The molecule has 0 aliphatic rings. The molecule has 94 valence electrons. The zero-order chi connectivity index (χ0) is 13.0. The summed E-state index contributed by atoms with van der Waals surface area (Å²) in [4.78, 5) is 11.9. The molecule has 0 atom stereocenters. The van der Waals surface area contributed by atoms with Gasteiger partial charge < -0.3 is 4.74 Å². The molecule has 0 saturated heterocycles. The molecule has 0 saturated carbocycles. The molecule has 1 rings (SSSR count). The lowest BCUT2D eigenvalue weighted by atomic mass is 10.1. The highest BCUT2D eigenvalue weighted by molar-refractivity contribution is 6.36. The van der Waals surface area contributed by atoms with Crippen molar-refractivity contribution in [2.24, 2.45) is 0 Å². The van der Waals surface area contributed by atoms with Crippen molar-refractivity contribution in [2.45, 2.75) is 26.4 Å². The fraction of sp³-hybridized carbons (Fsp3) is 0.417. The van der Waals surface area contributed by atoms with Gasteiger partial charge in [0.2, 0.25) is 0 Å². The van der Waals surface area contributed by atoms with Crippen molar-refractivity contribution in [2.75, 3.05) is 5.88 Å². The topological polar surface area (TPSA) is 26.3 Å². The average molecular weight is 296 g/mol. The summed E-state index contributed by atoms with van der Waals surface area (Å²) in [5, 5.41) is 0.744.